The SMILES string of the molecule is O=C(O)CNC(=O)CSc1c(Cl)cccc1Cl. The van der Waals surface area contributed by atoms with Crippen molar-refractivity contribution in [2.45, 2.75) is 4.90 Å². The average Bonchev–Trinajstić information content (AvgIpc) is 2.25. The Morgan fingerprint density at radius 3 is 2.41 bits per heavy atom. The number of thioether (sulfide) groups is 1. The summed E-state index contributed by atoms with van der Waals surface area (Å²) in [5.41, 5.74) is 0. The molecule has 0 saturated carbocycles. The van der Waals surface area contributed by atoms with Gasteiger partial charge in [-0.3, -0.25) is 9.59 Å². The molecular formula is C10H9Cl2NO3S. The van der Waals surface area contributed by atoms with Crippen LogP contribution in [0.3, 0.4) is 0 Å². The predicted octanol–water partition coefficient (Wildman–Crippen LogP) is 2.29. The van der Waals surface area contributed by atoms with E-state index >= 15 is 0 Å². The van der Waals surface area contributed by atoms with E-state index in [9.17, 15) is 9.59 Å². The lowest BCUT2D eigenvalue weighted by Gasteiger charge is -2.06. The van der Waals surface area contributed by atoms with Crippen LogP contribution >= 0.6 is 35.0 Å². The number of nitrogens with one attached hydrogen (secondary N) is 1. The summed E-state index contributed by atoms with van der Waals surface area (Å²) in [6.07, 6.45) is 0. The number of halogens is 2. The maximum absolute atomic E-state index is 11.3. The minimum absolute atomic E-state index is 0.0662. The second-order valence-electron chi connectivity index (χ2n) is 3.01. The standard InChI is InChI=1S/C10H9Cl2NO3S/c11-6-2-1-3-7(12)10(6)17-5-8(14)13-4-9(15)16/h1-3H,4-5H2,(H,13,14)(H,15,16). The summed E-state index contributed by atoms with van der Waals surface area (Å²) in [7, 11) is 0. The van der Waals surface area contributed by atoms with Crippen molar-refractivity contribution in [1.82, 2.24) is 5.32 Å². The lowest BCUT2D eigenvalue weighted by Crippen LogP contribution is -2.30. The van der Waals surface area contributed by atoms with E-state index in [1.807, 2.05) is 0 Å². The highest BCUT2D eigenvalue weighted by Crippen LogP contribution is 2.33. The highest BCUT2D eigenvalue weighted by atomic mass is 35.5. The summed E-state index contributed by atoms with van der Waals surface area (Å²) in [6.45, 7) is -0.393. The summed E-state index contributed by atoms with van der Waals surface area (Å²) in [5.74, 6) is -1.40. The first kappa shape index (κ1) is 14.2. The second-order valence-corrected chi connectivity index (χ2v) is 4.81. The lowest BCUT2D eigenvalue weighted by molar-refractivity contribution is -0.137. The molecule has 4 nitrogen and oxygen atoms in total. The van der Waals surface area contributed by atoms with Crippen LogP contribution in [0.15, 0.2) is 23.1 Å². The molecule has 17 heavy (non-hydrogen) atoms. The molecule has 0 radical (unpaired) electrons. The van der Waals surface area contributed by atoms with E-state index in [0.717, 1.165) is 11.8 Å². The second kappa shape index (κ2) is 6.74. The van der Waals surface area contributed by atoms with Crippen molar-refractivity contribution in [3.8, 4) is 0 Å². The van der Waals surface area contributed by atoms with Gasteiger partial charge in [0.25, 0.3) is 0 Å². The number of benzene rings is 1. The molecule has 0 spiro atoms. The molecule has 0 aliphatic carbocycles. The van der Waals surface area contributed by atoms with E-state index in [-0.39, 0.29) is 11.7 Å². The van der Waals surface area contributed by atoms with Crippen LogP contribution in [-0.4, -0.2) is 29.3 Å². The van der Waals surface area contributed by atoms with E-state index < -0.39 is 12.5 Å². The van der Waals surface area contributed by atoms with Crippen molar-refractivity contribution in [2.75, 3.05) is 12.3 Å². The minimum Gasteiger partial charge on any atom is -0.480 e. The van der Waals surface area contributed by atoms with Crippen LogP contribution in [0, 0.1) is 0 Å². The number of rotatable bonds is 5. The predicted molar refractivity (Wildman–Crippen MR) is 67.8 cm³/mol. The molecule has 1 aromatic rings. The van der Waals surface area contributed by atoms with Gasteiger partial charge in [-0.1, -0.05) is 29.3 Å². The van der Waals surface area contributed by atoms with Gasteiger partial charge in [0.1, 0.15) is 6.54 Å². The van der Waals surface area contributed by atoms with Gasteiger partial charge >= 0.3 is 5.97 Å². The number of carbonyl (C=O) groups is 2. The van der Waals surface area contributed by atoms with Crippen LogP contribution in [0.1, 0.15) is 0 Å². The summed E-state index contributed by atoms with van der Waals surface area (Å²) >= 11 is 13.0. The van der Waals surface area contributed by atoms with Gasteiger partial charge in [-0.2, -0.15) is 0 Å². The summed E-state index contributed by atoms with van der Waals surface area (Å²) in [4.78, 5) is 22.1. The van der Waals surface area contributed by atoms with Gasteiger partial charge in [0.2, 0.25) is 5.91 Å². The molecule has 0 unspecified atom stereocenters. The first-order valence-corrected chi connectivity index (χ1v) is 6.30. The zero-order valence-corrected chi connectivity index (χ0v) is 10.9. The maximum Gasteiger partial charge on any atom is 0.322 e. The van der Waals surface area contributed by atoms with E-state index in [1.54, 1.807) is 18.2 Å². The van der Waals surface area contributed by atoms with Crippen LogP contribution in [-0.2, 0) is 9.59 Å². The molecule has 2 N–H and O–H groups in total. The number of amides is 1. The first-order chi connectivity index (χ1) is 8.00. The Hall–Kier alpha value is -0.910. The summed E-state index contributed by atoms with van der Waals surface area (Å²) in [5, 5.41) is 11.6. The smallest absolute Gasteiger partial charge is 0.322 e. The maximum atomic E-state index is 11.3. The largest absolute Gasteiger partial charge is 0.480 e. The molecule has 1 rings (SSSR count). The Balaban J connectivity index is 2.50. The fraction of sp³-hybridized carbons (Fsp3) is 0.200. The Morgan fingerprint density at radius 2 is 1.88 bits per heavy atom. The van der Waals surface area contributed by atoms with Crippen LogP contribution < -0.4 is 5.32 Å². The molecule has 0 aromatic heterocycles. The average molecular weight is 294 g/mol. The molecule has 0 bridgehead atoms. The molecule has 1 aromatic carbocycles. The summed E-state index contributed by atoms with van der Waals surface area (Å²) in [6, 6.07) is 5.05. The molecule has 0 aliphatic heterocycles. The molecule has 0 atom stereocenters. The first-order valence-electron chi connectivity index (χ1n) is 4.56. The topological polar surface area (TPSA) is 66.4 Å². The minimum atomic E-state index is -1.08. The number of hydrogen-bond donors (Lipinski definition) is 2. The molecule has 0 aliphatic rings. The van der Waals surface area contributed by atoms with E-state index in [0.29, 0.717) is 14.9 Å². The Labute approximate surface area is 112 Å². The highest BCUT2D eigenvalue weighted by molar-refractivity contribution is 8.00. The third-order valence-electron chi connectivity index (χ3n) is 1.70. The zero-order chi connectivity index (χ0) is 12.8. The van der Waals surface area contributed by atoms with Crippen molar-refractivity contribution in [2.24, 2.45) is 0 Å². The number of carbonyl (C=O) groups excluding carboxylic acids is 1. The van der Waals surface area contributed by atoms with Gasteiger partial charge in [-0.15, -0.1) is 11.8 Å². The van der Waals surface area contributed by atoms with Crippen LogP contribution in [0.5, 0.6) is 0 Å². The summed E-state index contributed by atoms with van der Waals surface area (Å²) < 4.78 is 0. The molecular weight excluding hydrogens is 285 g/mol. The Morgan fingerprint density at radius 1 is 1.29 bits per heavy atom. The van der Waals surface area contributed by atoms with Gasteiger partial charge in [0, 0.05) is 4.90 Å². The monoisotopic (exact) mass is 293 g/mol. The molecule has 0 heterocycles. The van der Waals surface area contributed by atoms with Gasteiger partial charge in [-0.25, -0.2) is 0 Å². The normalized spacial score (nSPS) is 10.0. The highest BCUT2D eigenvalue weighted by Gasteiger charge is 2.09. The molecule has 92 valence electrons. The third kappa shape index (κ3) is 4.85. The lowest BCUT2D eigenvalue weighted by atomic mass is 10.4. The third-order valence-corrected chi connectivity index (χ3v) is 3.69. The van der Waals surface area contributed by atoms with E-state index in [1.165, 1.54) is 0 Å². The molecule has 1 amide bonds. The Kier molecular flexibility index (Phi) is 5.61. The number of hydrogen-bond acceptors (Lipinski definition) is 3. The Bertz CT molecular complexity index is 419. The fourth-order valence-corrected chi connectivity index (χ4v) is 2.50. The quantitative estimate of drug-likeness (QED) is 0.818. The van der Waals surface area contributed by atoms with Gasteiger partial charge in [0.15, 0.2) is 0 Å². The molecule has 0 saturated heterocycles. The van der Waals surface area contributed by atoms with Gasteiger partial charge in [0.05, 0.1) is 15.8 Å². The van der Waals surface area contributed by atoms with Crippen molar-refractivity contribution < 1.29 is 14.7 Å². The zero-order valence-electron chi connectivity index (χ0n) is 8.57. The van der Waals surface area contributed by atoms with Crippen molar-refractivity contribution in [3.05, 3.63) is 28.2 Å². The van der Waals surface area contributed by atoms with Crippen molar-refractivity contribution in [3.63, 3.8) is 0 Å². The van der Waals surface area contributed by atoms with Crippen molar-refractivity contribution >= 4 is 46.8 Å². The molecule has 7 heteroatoms. The van der Waals surface area contributed by atoms with Gasteiger partial charge in [-0.05, 0) is 12.1 Å². The van der Waals surface area contributed by atoms with Crippen LogP contribution in [0.4, 0.5) is 0 Å². The van der Waals surface area contributed by atoms with E-state index in [2.05, 4.69) is 5.32 Å². The number of carboxylic acids is 1. The van der Waals surface area contributed by atoms with E-state index in [4.69, 9.17) is 28.3 Å². The van der Waals surface area contributed by atoms with Crippen LogP contribution in [0.2, 0.25) is 10.0 Å². The number of aliphatic carboxylic acids is 1. The van der Waals surface area contributed by atoms with Gasteiger partial charge < -0.3 is 10.4 Å². The number of carboxylic acid groups (broad SMARTS) is 1. The van der Waals surface area contributed by atoms with Crippen LogP contribution in [0.25, 0.3) is 0 Å². The van der Waals surface area contributed by atoms with Crippen molar-refractivity contribution in [1.29, 1.82) is 0 Å². The molecule has 0 fully saturated rings. The fourth-order valence-electron chi connectivity index (χ4n) is 0.983.